The number of nitrogens with zero attached hydrogens (tertiary/aromatic N) is 2. The molecular weight excluding hydrogens is 448 g/mol. The number of H-pyrrole nitrogens is 1. The number of methoxy groups -OCH3 is 1. The molecule has 1 atom stereocenters. The quantitative estimate of drug-likeness (QED) is 0.526. The summed E-state index contributed by atoms with van der Waals surface area (Å²) < 4.78 is 12.4. The van der Waals surface area contributed by atoms with Crippen molar-refractivity contribution in [1.29, 1.82) is 0 Å². The molecule has 1 aliphatic rings. The third-order valence-corrected chi connectivity index (χ3v) is 6.76. The number of rotatable bonds is 6. The molecule has 0 aliphatic carbocycles. The fourth-order valence-corrected chi connectivity index (χ4v) is 4.86. The van der Waals surface area contributed by atoms with Crippen molar-refractivity contribution < 1.29 is 19.1 Å². The van der Waals surface area contributed by atoms with E-state index in [0.717, 1.165) is 41.1 Å². The van der Waals surface area contributed by atoms with E-state index in [-0.39, 0.29) is 24.1 Å². The van der Waals surface area contributed by atoms with Gasteiger partial charge >= 0.3 is 5.97 Å². The highest BCUT2D eigenvalue weighted by atomic mass is 16.5. The second kappa shape index (κ2) is 10.1. The zero-order valence-corrected chi connectivity index (χ0v) is 20.9. The van der Waals surface area contributed by atoms with E-state index < -0.39 is 5.97 Å². The fraction of sp³-hybridized carbons (Fsp3) is 0.423. The highest BCUT2D eigenvalue weighted by Crippen LogP contribution is 2.29. The predicted octanol–water partition coefficient (Wildman–Crippen LogP) is 2.66. The van der Waals surface area contributed by atoms with E-state index in [9.17, 15) is 14.4 Å². The van der Waals surface area contributed by atoms with Gasteiger partial charge in [0, 0.05) is 59.9 Å². The average molecular weight is 481 g/mol. The lowest BCUT2D eigenvalue weighted by atomic mass is 10.0. The Morgan fingerprint density at radius 1 is 1.17 bits per heavy atom. The number of aryl methyl sites for hydroxylation is 2. The summed E-state index contributed by atoms with van der Waals surface area (Å²) in [6.07, 6.45) is 1.76. The van der Waals surface area contributed by atoms with Crippen molar-refractivity contribution in [2.45, 2.75) is 40.3 Å². The number of hydrogen-bond acceptors (Lipinski definition) is 6. The Kier molecular flexibility index (Phi) is 7.09. The van der Waals surface area contributed by atoms with Gasteiger partial charge in [0.2, 0.25) is 0 Å². The Morgan fingerprint density at radius 2 is 1.89 bits per heavy atom. The predicted molar refractivity (Wildman–Crippen MR) is 132 cm³/mol. The number of pyridine rings is 2. The molecule has 1 fully saturated rings. The Morgan fingerprint density at radius 3 is 2.54 bits per heavy atom. The number of aromatic amines is 1. The molecule has 1 amide bonds. The van der Waals surface area contributed by atoms with Gasteiger partial charge in [0.25, 0.3) is 11.5 Å². The molecule has 1 aliphatic heterocycles. The van der Waals surface area contributed by atoms with Crippen LogP contribution in [0.1, 0.15) is 61.8 Å². The summed E-state index contributed by atoms with van der Waals surface area (Å²) in [5, 5.41) is 2.91. The van der Waals surface area contributed by atoms with Gasteiger partial charge in [-0.05, 0) is 57.0 Å². The standard InChI is InChI=1S/C26H32N4O5/c1-15-10-16(2)28-25(32)22(15)13-27-24(31)21-12-20-11-19(26(33)34-5)14-30(20)23(17(21)3)18(4)29-6-8-35-9-7-29/h10-12,14,18H,6-9,13H2,1-5H3,(H,27,31)(H,28,32). The van der Waals surface area contributed by atoms with E-state index in [1.165, 1.54) is 7.11 Å². The third-order valence-electron chi connectivity index (χ3n) is 6.76. The molecule has 9 heteroatoms. The van der Waals surface area contributed by atoms with Crippen LogP contribution in [0.3, 0.4) is 0 Å². The van der Waals surface area contributed by atoms with Gasteiger partial charge < -0.3 is 24.2 Å². The maximum absolute atomic E-state index is 13.4. The summed E-state index contributed by atoms with van der Waals surface area (Å²) in [6.45, 7) is 10.7. The first kappa shape index (κ1) is 24.7. The molecule has 2 N–H and O–H groups in total. The zero-order valence-electron chi connectivity index (χ0n) is 20.9. The van der Waals surface area contributed by atoms with E-state index in [4.69, 9.17) is 9.47 Å². The minimum atomic E-state index is -0.434. The Balaban J connectivity index is 1.74. The van der Waals surface area contributed by atoms with Gasteiger partial charge in [-0.1, -0.05) is 0 Å². The molecule has 3 aromatic heterocycles. The topological polar surface area (TPSA) is 105 Å². The van der Waals surface area contributed by atoms with Gasteiger partial charge in [-0.3, -0.25) is 14.5 Å². The Hall–Kier alpha value is -3.43. The van der Waals surface area contributed by atoms with Gasteiger partial charge in [-0.2, -0.15) is 0 Å². The smallest absolute Gasteiger partial charge is 0.339 e. The van der Waals surface area contributed by atoms with Gasteiger partial charge in [0.15, 0.2) is 0 Å². The van der Waals surface area contributed by atoms with Crippen molar-refractivity contribution in [1.82, 2.24) is 19.6 Å². The summed E-state index contributed by atoms with van der Waals surface area (Å²) in [5.74, 6) is -0.711. The van der Waals surface area contributed by atoms with E-state index in [2.05, 4.69) is 22.1 Å². The summed E-state index contributed by atoms with van der Waals surface area (Å²) in [6, 6.07) is 5.37. The molecule has 3 aromatic rings. The van der Waals surface area contributed by atoms with Crippen LogP contribution in [0.25, 0.3) is 5.52 Å². The largest absolute Gasteiger partial charge is 0.465 e. The van der Waals surface area contributed by atoms with Crippen LogP contribution in [-0.4, -0.2) is 59.6 Å². The van der Waals surface area contributed by atoms with Crippen molar-refractivity contribution >= 4 is 17.4 Å². The summed E-state index contributed by atoms with van der Waals surface area (Å²) in [7, 11) is 1.35. The Bertz CT molecular complexity index is 1330. The molecule has 1 unspecified atom stereocenters. The SMILES string of the molecule is COC(=O)c1cc2cc(C(=O)NCc3c(C)cc(C)[nH]c3=O)c(C)c(C(C)N3CCOCC3)n2c1. The van der Waals surface area contributed by atoms with Crippen molar-refractivity contribution in [3.8, 4) is 0 Å². The first-order chi connectivity index (χ1) is 16.7. The number of fused-ring (bicyclic) bond motifs is 1. The van der Waals surface area contributed by atoms with Crippen LogP contribution in [0.2, 0.25) is 0 Å². The number of carbonyl (C=O) groups is 2. The number of carbonyl (C=O) groups excluding carboxylic acids is 2. The zero-order chi connectivity index (χ0) is 25.3. The number of amides is 1. The van der Waals surface area contributed by atoms with E-state index >= 15 is 0 Å². The lowest BCUT2D eigenvalue weighted by Crippen LogP contribution is -2.39. The summed E-state index contributed by atoms with van der Waals surface area (Å²) in [4.78, 5) is 43.1. The highest BCUT2D eigenvalue weighted by molar-refractivity contribution is 5.98. The fourth-order valence-electron chi connectivity index (χ4n) is 4.86. The molecule has 35 heavy (non-hydrogen) atoms. The van der Waals surface area contributed by atoms with Gasteiger partial charge in [0.05, 0.1) is 25.9 Å². The molecule has 4 rings (SSSR count). The average Bonchev–Trinajstić information content (AvgIpc) is 3.26. The highest BCUT2D eigenvalue weighted by Gasteiger charge is 2.26. The van der Waals surface area contributed by atoms with Gasteiger partial charge in [-0.25, -0.2) is 4.79 Å². The van der Waals surface area contributed by atoms with Crippen LogP contribution in [0.15, 0.2) is 29.2 Å². The number of ether oxygens (including phenoxy) is 2. The minimum absolute atomic E-state index is 0.0192. The molecule has 0 spiro atoms. The van der Waals surface area contributed by atoms with Crippen molar-refractivity contribution in [3.63, 3.8) is 0 Å². The lowest BCUT2D eigenvalue weighted by molar-refractivity contribution is 0.0187. The first-order valence-corrected chi connectivity index (χ1v) is 11.7. The van der Waals surface area contributed by atoms with Gasteiger partial charge in [0.1, 0.15) is 0 Å². The summed E-state index contributed by atoms with van der Waals surface area (Å²) in [5.41, 5.74) is 5.32. The third kappa shape index (κ3) is 4.87. The minimum Gasteiger partial charge on any atom is -0.465 e. The van der Waals surface area contributed by atoms with Crippen LogP contribution in [0, 0.1) is 20.8 Å². The second-order valence-corrected chi connectivity index (χ2v) is 9.03. The molecule has 4 heterocycles. The normalized spacial score (nSPS) is 15.2. The molecular formula is C26H32N4O5. The number of aromatic nitrogens is 2. The van der Waals surface area contributed by atoms with Crippen LogP contribution < -0.4 is 10.9 Å². The molecule has 9 nitrogen and oxygen atoms in total. The van der Waals surface area contributed by atoms with Crippen molar-refractivity contribution in [2.24, 2.45) is 0 Å². The van der Waals surface area contributed by atoms with Crippen LogP contribution in [0.4, 0.5) is 0 Å². The maximum atomic E-state index is 13.4. The van der Waals surface area contributed by atoms with E-state index in [1.807, 2.05) is 31.2 Å². The van der Waals surface area contributed by atoms with E-state index in [1.54, 1.807) is 18.3 Å². The first-order valence-electron chi connectivity index (χ1n) is 11.7. The molecule has 1 saturated heterocycles. The van der Waals surface area contributed by atoms with Crippen molar-refractivity contribution in [2.75, 3.05) is 33.4 Å². The monoisotopic (exact) mass is 480 g/mol. The lowest BCUT2D eigenvalue weighted by Gasteiger charge is -2.34. The van der Waals surface area contributed by atoms with Crippen LogP contribution in [0.5, 0.6) is 0 Å². The second-order valence-electron chi connectivity index (χ2n) is 9.03. The molecule has 0 bridgehead atoms. The number of nitrogens with one attached hydrogen (secondary N) is 2. The molecule has 0 saturated carbocycles. The molecule has 0 aromatic carbocycles. The van der Waals surface area contributed by atoms with Crippen LogP contribution in [-0.2, 0) is 16.0 Å². The summed E-state index contributed by atoms with van der Waals surface area (Å²) >= 11 is 0. The Labute approximate surface area is 204 Å². The maximum Gasteiger partial charge on any atom is 0.339 e. The van der Waals surface area contributed by atoms with Gasteiger partial charge in [-0.15, -0.1) is 0 Å². The van der Waals surface area contributed by atoms with E-state index in [0.29, 0.717) is 29.9 Å². The molecule has 0 radical (unpaired) electrons. The number of morpholine rings is 1. The molecule has 186 valence electrons. The number of hydrogen-bond donors (Lipinski definition) is 2. The number of esters is 1. The van der Waals surface area contributed by atoms with Crippen molar-refractivity contribution in [3.05, 3.63) is 74.0 Å². The van der Waals surface area contributed by atoms with Crippen LogP contribution >= 0.6 is 0 Å².